The topological polar surface area (TPSA) is 50.8 Å². The van der Waals surface area contributed by atoms with Gasteiger partial charge in [-0.3, -0.25) is 9.69 Å². The molecule has 0 aromatic carbocycles. The van der Waals surface area contributed by atoms with Crippen LogP contribution in [0, 0.1) is 5.92 Å². The van der Waals surface area contributed by atoms with Gasteiger partial charge >= 0.3 is 0 Å². The molecule has 19 heavy (non-hydrogen) atoms. The summed E-state index contributed by atoms with van der Waals surface area (Å²) in [5.74, 6) is 0.415. The number of hydrogen-bond donors (Lipinski definition) is 1. The number of ketones is 1. The maximum absolute atomic E-state index is 12.1. The molecule has 2 saturated heterocycles. The van der Waals surface area contributed by atoms with Crippen molar-refractivity contribution in [1.82, 2.24) is 10.2 Å². The summed E-state index contributed by atoms with van der Waals surface area (Å²) in [7, 11) is 0. The summed E-state index contributed by atoms with van der Waals surface area (Å²) in [5, 5.41) is 3.46. The van der Waals surface area contributed by atoms with Crippen molar-refractivity contribution in [1.29, 1.82) is 0 Å². The molecular formula is C14H26N2O3. The summed E-state index contributed by atoms with van der Waals surface area (Å²) in [6.45, 7) is 11.6. The van der Waals surface area contributed by atoms with E-state index in [0.717, 1.165) is 32.8 Å². The fourth-order valence-corrected chi connectivity index (χ4v) is 2.70. The maximum atomic E-state index is 12.1. The molecule has 110 valence electrons. The van der Waals surface area contributed by atoms with Gasteiger partial charge in [0.05, 0.1) is 25.9 Å². The number of nitrogens with zero attached hydrogens (tertiary/aromatic N) is 1. The molecule has 2 aliphatic rings. The van der Waals surface area contributed by atoms with Crippen molar-refractivity contribution < 1.29 is 14.3 Å². The summed E-state index contributed by atoms with van der Waals surface area (Å²) in [4.78, 5) is 14.5. The maximum Gasteiger partial charge on any atom is 0.175 e. The number of carbonyl (C=O) groups is 1. The van der Waals surface area contributed by atoms with Gasteiger partial charge in [0.1, 0.15) is 6.61 Å². The molecule has 2 heterocycles. The second-order valence-electron chi connectivity index (χ2n) is 6.53. The quantitative estimate of drug-likeness (QED) is 0.799. The molecule has 2 fully saturated rings. The van der Waals surface area contributed by atoms with Crippen molar-refractivity contribution in [2.45, 2.75) is 32.4 Å². The third kappa shape index (κ3) is 4.53. The van der Waals surface area contributed by atoms with E-state index in [1.165, 1.54) is 0 Å². The predicted molar refractivity (Wildman–Crippen MR) is 73.3 cm³/mol. The Kier molecular flexibility index (Phi) is 4.95. The fourth-order valence-electron chi connectivity index (χ4n) is 2.70. The first-order valence-corrected chi connectivity index (χ1v) is 7.14. The van der Waals surface area contributed by atoms with Crippen LogP contribution in [0.1, 0.15) is 20.8 Å². The van der Waals surface area contributed by atoms with Gasteiger partial charge in [0.15, 0.2) is 5.78 Å². The molecule has 0 bridgehead atoms. The van der Waals surface area contributed by atoms with Crippen LogP contribution in [-0.2, 0) is 14.3 Å². The predicted octanol–water partition coefficient (Wildman–Crippen LogP) is 0.291. The summed E-state index contributed by atoms with van der Waals surface area (Å²) >= 11 is 0. The van der Waals surface area contributed by atoms with E-state index in [4.69, 9.17) is 9.47 Å². The van der Waals surface area contributed by atoms with E-state index in [-0.39, 0.29) is 29.9 Å². The van der Waals surface area contributed by atoms with Crippen LogP contribution in [0.4, 0.5) is 0 Å². The molecule has 2 atom stereocenters. The molecule has 0 aromatic heterocycles. The molecular weight excluding hydrogens is 244 g/mol. The Morgan fingerprint density at radius 3 is 2.58 bits per heavy atom. The van der Waals surface area contributed by atoms with Crippen molar-refractivity contribution in [2.24, 2.45) is 5.92 Å². The molecule has 5 nitrogen and oxygen atoms in total. The van der Waals surface area contributed by atoms with Gasteiger partial charge in [-0.15, -0.1) is 0 Å². The first kappa shape index (κ1) is 14.9. The largest absolute Gasteiger partial charge is 0.379 e. The summed E-state index contributed by atoms with van der Waals surface area (Å²) < 4.78 is 10.8. The van der Waals surface area contributed by atoms with Crippen LogP contribution < -0.4 is 5.32 Å². The van der Waals surface area contributed by atoms with Crippen LogP contribution in [-0.4, -0.2) is 68.3 Å². The van der Waals surface area contributed by atoms with Gasteiger partial charge < -0.3 is 14.8 Å². The zero-order valence-electron chi connectivity index (χ0n) is 12.3. The standard InChI is InChI=1S/C14H26N2O3/c1-14(2,3)15-13-11(9-19-10-12(13)17)8-16-4-6-18-7-5-16/h11,13,15H,4-10H2,1-3H3. The van der Waals surface area contributed by atoms with Crippen molar-refractivity contribution >= 4 is 5.78 Å². The lowest BCUT2D eigenvalue weighted by molar-refractivity contribution is -0.135. The highest BCUT2D eigenvalue weighted by Gasteiger charge is 2.35. The number of morpholine rings is 1. The number of ether oxygens (including phenoxy) is 2. The summed E-state index contributed by atoms with van der Waals surface area (Å²) in [6.07, 6.45) is 0. The second-order valence-corrected chi connectivity index (χ2v) is 6.53. The van der Waals surface area contributed by atoms with Gasteiger partial charge in [0.2, 0.25) is 0 Å². The number of rotatable bonds is 3. The fraction of sp³-hybridized carbons (Fsp3) is 0.929. The van der Waals surface area contributed by atoms with Crippen LogP contribution in [0.5, 0.6) is 0 Å². The number of nitrogens with one attached hydrogen (secondary N) is 1. The first-order chi connectivity index (χ1) is 8.96. The molecule has 0 aromatic rings. The molecule has 2 rings (SSSR count). The van der Waals surface area contributed by atoms with E-state index in [1.54, 1.807) is 0 Å². The molecule has 2 aliphatic heterocycles. The van der Waals surface area contributed by atoms with E-state index in [9.17, 15) is 4.79 Å². The third-order valence-electron chi connectivity index (χ3n) is 3.58. The minimum Gasteiger partial charge on any atom is -0.379 e. The lowest BCUT2D eigenvalue weighted by atomic mass is 9.91. The first-order valence-electron chi connectivity index (χ1n) is 7.14. The lowest BCUT2D eigenvalue weighted by Gasteiger charge is -2.39. The van der Waals surface area contributed by atoms with E-state index < -0.39 is 0 Å². The average Bonchev–Trinajstić information content (AvgIpc) is 2.34. The molecule has 2 unspecified atom stereocenters. The van der Waals surface area contributed by atoms with Crippen LogP contribution in [0.25, 0.3) is 0 Å². The lowest BCUT2D eigenvalue weighted by Crippen LogP contribution is -2.58. The average molecular weight is 270 g/mol. The number of Topliss-reactive ketones (excluding diaryl/α,β-unsaturated/α-hetero) is 1. The zero-order valence-corrected chi connectivity index (χ0v) is 12.3. The Hall–Kier alpha value is -0.490. The SMILES string of the molecule is CC(C)(C)NC1C(=O)COCC1CN1CCOCC1. The molecule has 1 N–H and O–H groups in total. The molecule has 0 saturated carbocycles. The van der Waals surface area contributed by atoms with Gasteiger partial charge in [0, 0.05) is 31.1 Å². The number of carbonyl (C=O) groups excluding carboxylic acids is 1. The van der Waals surface area contributed by atoms with Crippen molar-refractivity contribution in [3.8, 4) is 0 Å². The Morgan fingerprint density at radius 2 is 1.95 bits per heavy atom. The minimum atomic E-state index is -0.0865. The van der Waals surface area contributed by atoms with E-state index in [2.05, 4.69) is 31.0 Å². The highest BCUT2D eigenvalue weighted by molar-refractivity contribution is 5.86. The van der Waals surface area contributed by atoms with E-state index in [0.29, 0.717) is 6.61 Å². The molecule has 0 aliphatic carbocycles. The highest BCUT2D eigenvalue weighted by Crippen LogP contribution is 2.17. The van der Waals surface area contributed by atoms with Crippen molar-refractivity contribution in [2.75, 3.05) is 46.1 Å². The smallest absolute Gasteiger partial charge is 0.175 e. The van der Waals surface area contributed by atoms with Gasteiger partial charge in [0.25, 0.3) is 0 Å². The Morgan fingerprint density at radius 1 is 1.26 bits per heavy atom. The highest BCUT2D eigenvalue weighted by atomic mass is 16.5. The van der Waals surface area contributed by atoms with Gasteiger partial charge in [-0.1, -0.05) is 0 Å². The molecule has 5 heteroatoms. The minimum absolute atomic E-state index is 0.0546. The Labute approximate surface area is 115 Å². The Bertz CT molecular complexity index is 308. The van der Waals surface area contributed by atoms with Crippen LogP contribution in [0.15, 0.2) is 0 Å². The van der Waals surface area contributed by atoms with E-state index in [1.807, 2.05) is 0 Å². The molecule has 0 radical (unpaired) electrons. The van der Waals surface area contributed by atoms with Crippen molar-refractivity contribution in [3.63, 3.8) is 0 Å². The van der Waals surface area contributed by atoms with Crippen LogP contribution in [0.3, 0.4) is 0 Å². The van der Waals surface area contributed by atoms with E-state index >= 15 is 0 Å². The second kappa shape index (κ2) is 6.31. The zero-order chi connectivity index (χ0) is 13.9. The molecule has 0 spiro atoms. The third-order valence-corrected chi connectivity index (χ3v) is 3.58. The van der Waals surface area contributed by atoms with Crippen molar-refractivity contribution in [3.05, 3.63) is 0 Å². The molecule has 0 amide bonds. The van der Waals surface area contributed by atoms with Crippen LogP contribution in [0.2, 0.25) is 0 Å². The monoisotopic (exact) mass is 270 g/mol. The van der Waals surface area contributed by atoms with Crippen LogP contribution >= 0.6 is 0 Å². The summed E-state index contributed by atoms with van der Waals surface area (Å²) in [6, 6.07) is -0.0865. The number of hydrogen-bond acceptors (Lipinski definition) is 5. The normalized spacial score (nSPS) is 30.6. The Balaban J connectivity index is 1.96. The van der Waals surface area contributed by atoms with Gasteiger partial charge in [-0.2, -0.15) is 0 Å². The van der Waals surface area contributed by atoms with Gasteiger partial charge in [-0.25, -0.2) is 0 Å². The van der Waals surface area contributed by atoms with Gasteiger partial charge in [-0.05, 0) is 20.8 Å². The summed E-state index contributed by atoms with van der Waals surface area (Å²) in [5.41, 5.74) is -0.0546.